The molecule has 38 heavy (non-hydrogen) atoms. The molecule has 2 saturated carbocycles. The van der Waals surface area contributed by atoms with E-state index in [1.54, 1.807) is 0 Å². The van der Waals surface area contributed by atoms with E-state index in [2.05, 4.69) is 67.2 Å². The first-order chi connectivity index (χ1) is 17.6. The van der Waals surface area contributed by atoms with Crippen molar-refractivity contribution in [3.63, 3.8) is 0 Å². The smallest absolute Gasteiger partial charge is 0.302 e. The number of allylic oxidation sites excluding steroid dienone is 5. The molecule has 4 rings (SSSR count). The van der Waals surface area contributed by atoms with E-state index in [-0.39, 0.29) is 45.8 Å². The molecule has 0 bridgehead atoms. The number of carbonyl (C=O) groups excluding carboxylic acids is 2. The molecule has 0 aromatic carbocycles. The zero-order chi connectivity index (χ0) is 28.3. The van der Waals surface area contributed by atoms with Crippen LogP contribution in [0.3, 0.4) is 0 Å². The number of ether oxygens (including phenoxy) is 2. The van der Waals surface area contributed by atoms with Crippen LogP contribution in [-0.4, -0.2) is 35.9 Å². The summed E-state index contributed by atoms with van der Waals surface area (Å²) in [6.45, 7) is 22.1. The molecule has 8 atom stereocenters. The van der Waals surface area contributed by atoms with Crippen molar-refractivity contribution < 1.29 is 24.2 Å². The first-order valence-electron chi connectivity index (χ1n) is 14.7. The Labute approximate surface area is 230 Å². The highest BCUT2D eigenvalue weighted by atomic mass is 16.5. The second-order valence-electron chi connectivity index (χ2n) is 14.3. The van der Waals surface area contributed by atoms with E-state index < -0.39 is 6.10 Å². The van der Waals surface area contributed by atoms with Crippen molar-refractivity contribution in [3.8, 4) is 0 Å². The van der Waals surface area contributed by atoms with E-state index in [1.807, 2.05) is 0 Å². The minimum absolute atomic E-state index is 0.00862. The highest BCUT2D eigenvalue weighted by molar-refractivity contribution is 5.66. The van der Waals surface area contributed by atoms with Gasteiger partial charge in [0.05, 0.1) is 6.10 Å². The summed E-state index contributed by atoms with van der Waals surface area (Å²) in [4.78, 5) is 23.4. The number of rotatable bonds is 8. The van der Waals surface area contributed by atoms with E-state index in [0.29, 0.717) is 31.1 Å². The molecule has 0 aromatic heterocycles. The van der Waals surface area contributed by atoms with Crippen LogP contribution in [0.25, 0.3) is 0 Å². The average molecular weight is 527 g/mol. The monoisotopic (exact) mass is 526 g/mol. The molecule has 0 spiro atoms. The summed E-state index contributed by atoms with van der Waals surface area (Å²) in [5, 5.41) is 11.6. The predicted molar refractivity (Wildman–Crippen MR) is 150 cm³/mol. The lowest BCUT2D eigenvalue weighted by molar-refractivity contribution is -0.165. The Balaban J connectivity index is 1.69. The van der Waals surface area contributed by atoms with E-state index in [9.17, 15) is 14.7 Å². The molecule has 2 fully saturated rings. The Kier molecular flexibility index (Phi) is 7.62. The Morgan fingerprint density at radius 3 is 2.47 bits per heavy atom. The average Bonchev–Trinajstić information content (AvgIpc) is 3.03. The SMILES string of the molecule is C=C(CC[C@@H](OC=O)[C@H]1[C@H](O)C[C@@]2(C)C3=CCC4C(C)(C)[C@@H](OC(C)=O)CC[C@]4(C)C3=CC[C@]12C)C(C)C. The molecule has 4 aliphatic carbocycles. The largest absolute Gasteiger partial charge is 0.464 e. The Bertz CT molecular complexity index is 1040. The van der Waals surface area contributed by atoms with E-state index >= 15 is 0 Å². The lowest BCUT2D eigenvalue weighted by Crippen LogP contribution is -2.55. The van der Waals surface area contributed by atoms with Crippen LogP contribution in [0.4, 0.5) is 0 Å². The van der Waals surface area contributed by atoms with E-state index in [4.69, 9.17) is 9.47 Å². The van der Waals surface area contributed by atoms with Crippen LogP contribution in [0.1, 0.15) is 100 Å². The lowest BCUT2D eigenvalue weighted by Gasteiger charge is -2.61. The molecule has 0 aliphatic heterocycles. The second-order valence-corrected chi connectivity index (χ2v) is 14.3. The third kappa shape index (κ3) is 4.32. The van der Waals surface area contributed by atoms with Gasteiger partial charge in [-0.15, -0.1) is 0 Å². The van der Waals surface area contributed by atoms with Crippen LogP contribution in [-0.2, 0) is 19.1 Å². The summed E-state index contributed by atoms with van der Waals surface area (Å²) >= 11 is 0. The molecule has 1 N–H and O–H groups in total. The van der Waals surface area contributed by atoms with Gasteiger partial charge in [0.15, 0.2) is 0 Å². The number of carbonyl (C=O) groups is 2. The van der Waals surface area contributed by atoms with Gasteiger partial charge in [0, 0.05) is 23.7 Å². The molecule has 5 heteroatoms. The summed E-state index contributed by atoms with van der Waals surface area (Å²) in [7, 11) is 0. The van der Waals surface area contributed by atoms with Gasteiger partial charge >= 0.3 is 5.97 Å². The Morgan fingerprint density at radius 2 is 1.87 bits per heavy atom. The van der Waals surface area contributed by atoms with Crippen molar-refractivity contribution >= 4 is 12.4 Å². The quantitative estimate of drug-likeness (QED) is 0.210. The minimum Gasteiger partial charge on any atom is -0.464 e. The second kappa shape index (κ2) is 9.94. The molecular weight excluding hydrogens is 476 g/mol. The van der Waals surface area contributed by atoms with Crippen LogP contribution >= 0.6 is 0 Å². The predicted octanol–water partition coefficient (Wildman–Crippen LogP) is 6.95. The fourth-order valence-corrected chi connectivity index (χ4v) is 9.18. The highest BCUT2D eigenvalue weighted by Crippen LogP contribution is 2.71. The van der Waals surface area contributed by atoms with Gasteiger partial charge < -0.3 is 14.6 Å². The molecule has 0 amide bonds. The van der Waals surface area contributed by atoms with Crippen LogP contribution in [0.15, 0.2) is 35.5 Å². The van der Waals surface area contributed by atoms with Crippen molar-refractivity contribution in [2.24, 2.45) is 39.4 Å². The summed E-state index contributed by atoms with van der Waals surface area (Å²) < 4.78 is 11.5. The number of aliphatic hydroxyl groups excluding tert-OH is 1. The van der Waals surface area contributed by atoms with Gasteiger partial charge in [-0.1, -0.05) is 72.8 Å². The summed E-state index contributed by atoms with van der Waals surface area (Å²) in [6.07, 6.45) is 9.67. The molecule has 0 radical (unpaired) electrons. The zero-order valence-corrected chi connectivity index (χ0v) is 24.9. The Morgan fingerprint density at radius 1 is 1.18 bits per heavy atom. The maximum atomic E-state index is 11.8. The van der Waals surface area contributed by atoms with Crippen LogP contribution in [0.2, 0.25) is 0 Å². The van der Waals surface area contributed by atoms with Crippen molar-refractivity contribution in [1.29, 1.82) is 0 Å². The zero-order valence-electron chi connectivity index (χ0n) is 24.9. The van der Waals surface area contributed by atoms with Gasteiger partial charge in [0.25, 0.3) is 6.47 Å². The third-order valence-electron chi connectivity index (χ3n) is 11.7. The lowest BCUT2D eigenvalue weighted by atomic mass is 9.44. The van der Waals surface area contributed by atoms with Crippen LogP contribution in [0.5, 0.6) is 0 Å². The molecule has 212 valence electrons. The number of fused-ring (bicyclic) bond motifs is 5. The van der Waals surface area contributed by atoms with Gasteiger partial charge in [0.2, 0.25) is 0 Å². The number of esters is 1. The maximum Gasteiger partial charge on any atom is 0.302 e. The summed E-state index contributed by atoms with van der Waals surface area (Å²) in [5.74, 6) is 0.404. The van der Waals surface area contributed by atoms with Crippen molar-refractivity contribution in [2.45, 2.75) is 119 Å². The van der Waals surface area contributed by atoms with Gasteiger partial charge in [-0.2, -0.15) is 0 Å². The number of aliphatic hydroxyl groups is 1. The molecule has 1 unspecified atom stereocenters. The normalized spacial score (nSPS) is 40.2. The van der Waals surface area contributed by atoms with Gasteiger partial charge in [0.1, 0.15) is 12.2 Å². The fraction of sp³-hybridized carbons (Fsp3) is 0.758. The topological polar surface area (TPSA) is 72.8 Å². The van der Waals surface area contributed by atoms with Crippen molar-refractivity contribution in [3.05, 3.63) is 35.5 Å². The summed E-state index contributed by atoms with van der Waals surface area (Å²) in [6, 6.07) is 0. The van der Waals surface area contributed by atoms with Gasteiger partial charge in [-0.25, -0.2) is 0 Å². The van der Waals surface area contributed by atoms with Gasteiger partial charge in [-0.3, -0.25) is 9.59 Å². The first kappa shape index (κ1) is 29.1. The molecule has 4 aliphatic rings. The molecule has 5 nitrogen and oxygen atoms in total. The number of hydrogen-bond acceptors (Lipinski definition) is 5. The molecule has 0 saturated heterocycles. The van der Waals surface area contributed by atoms with Crippen LogP contribution < -0.4 is 0 Å². The van der Waals surface area contributed by atoms with Crippen LogP contribution in [0, 0.1) is 39.4 Å². The molecular formula is C33H50O5. The van der Waals surface area contributed by atoms with E-state index in [1.165, 1.54) is 18.1 Å². The third-order valence-corrected chi connectivity index (χ3v) is 11.7. The fourth-order valence-electron chi connectivity index (χ4n) is 9.18. The van der Waals surface area contributed by atoms with E-state index in [0.717, 1.165) is 37.7 Å². The standard InChI is InChI=1S/C33H50O5/c1-20(2)21(3)10-12-26(37-19-34)29-25(36)18-33(9)24-11-13-27-30(5,6)28(38-22(4)35)15-16-31(27,7)23(24)14-17-32(29,33)8/h11,14,19-20,25-29,36H,3,10,12-13,15-18H2,1-2,4-9H3/t25-,26-,27?,28+,29-,31-,32-,33+/m1/s1. The molecule has 0 heterocycles. The minimum atomic E-state index is -0.544. The highest BCUT2D eigenvalue weighted by Gasteiger charge is 2.66. The van der Waals surface area contributed by atoms with Crippen molar-refractivity contribution in [1.82, 2.24) is 0 Å². The Hall–Kier alpha value is -1.88. The first-order valence-corrected chi connectivity index (χ1v) is 14.7. The number of hydrogen-bond donors (Lipinski definition) is 1. The maximum absolute atomic E-state index is 11.8. The molecule has 0 aromatic rings. The summed E-state index contributed by atoms with van der Waals surface area (Å²) in [5.41, 5.74) is 3.36. The van der Waals surface area contributed by atoms with Gasteiger partial charge in [-0.05, 0) is 78.8 Å². The van der Waals surface area contributed by atoms with Crippen molar-refractivity contribution in [2.75, 3.05) is 0 Å².